The van der Waals surface area contributed by atoms with Gasteiger partial charge in [0.15, 0.2) is 0 Å². The number of furan rings is 3. The van der Waals surface area contributed by atoms with E-state index in [9.17, 15) is 16.4 Å². The van der Waals surface area contributed by atoms with Crippen LogP contribution in [0.2, 0.25) is 0 Å². The van der Waals surface area contributed by atoms with Crippen LogP contribution in [0.1, 0.15) is 32.9 Å². The van der Waals surface area contributed by atoms with Crippen LogP contribution >= 0.6 is 0 Å². The van der Waals surface area contributed by atoms with E-state index in [1.807, 2.05) is 194 Å². The van der Waals surface area contributed by atoms with E-state index < -0.39 is 72.5 Å². The van der Waals surface area contributed by atoms with Gasteiger partial charge in [-0.2, -0.15) is 0 Å². The molecule has 0 unspecified atom stereocenters. The minimum atomic E-state index is -0.445. The molecule has 25 aromatic carbocycles. The van der Waals surface area contributed by atoms with Crippen molar-refractivity contribution in [3.05, 3.63) is 533 Å². The van der Waals surface area contributed by atoms with Crippen molar-refractivity contribution in [2.45, 2.75) is 0 Å². The molecule has 0 saturated heterocycles. The first-order chi connectivity index (χ1) is 79.9. The van der Waals surface area contributed by atoms with Crippen LogP contribution in [0.4, 0.5) is 0 Å². The van der Waals surface area contributed by atoms with E-state index in [0.29, 0.717) is 111 Å². The molecule has 0 aliphatic carbocycles. The fourth-order valence-electron chi connectivity index (χ4n) is 20.5. The Bertz CT molecular complexity index is 11000. The Morgan fingerprint density at radius 1 is 0.121 bits per heavy atom. The van der Waals surface area contributed by atoms with Gasteiger partial charge in [-0.3, -0.25) is 0 Å². The van der Waals surface area contributed by atoms with E-state index in [2.05, 4.69) is 109 Å². The molecule has 0 spiro atoms. The third kappa shape index (κ3) is 14.9. The number of hydrogen-bond acceptors (Lipinski definition) is 3. The number of rotatable bonds is 13. The molecule has 0 fully saturated rings. The van der Waals surface area contributed by atoms with Crippen LogP contribution in [-0.4, -0.2) is 0 Å². The molecule has 0 aliphatic heterocycles. The molecule has 0 aliphatic rings. The van der Waals surface area contributed by atoms with Crippen LogP contribution in [0.3, 0.4) is 0 Å². The topological polar surface area (TPSA) is 39.4 Å². The zero-order chi connectivity index (χ0) is 114. The van der Waals surface area contributed by atoms with Crippen molar-refractivity contribution >= 4 is 130 Å². The molecule has 3 heteroatoms. The first-order valence-electron chi connectivity index (χ1n) is 58.4. The molecule has 3 aromatic heterocycles. The summed E-state index contributed by atoms with van der Waals surface area (Å²) in [6, 6.07) is 116. The van der Waals surface area contributed by atoms with Gasteiger partial charge in [-0.15, -0.1) is 0 Å². The smallest absolute Gasteiger partial charge is 0.136 e. The molecule has 0 radical (unpaired) electrons. The van der Waals surface area contributed by atoms with E-state index in [-0.39, 0.29) is 143 Å². The quantitative estimate of drug-likeness (QED) is 0.108. The van der Waals surface area contributed by atoms with E-state index in [1.165, 1.54) is 0 Å². The normalized spacial score (nSPS) is 13.9. The molecule has 0 amide bonds. The third-order valence-corrected chi connectivity index (χ3v) is 26.7. The number of benzene rings is 25. The average molecular weight is 1820 g/mol. The summed E-state index contributed by atoms with van der Waals surface area (Å²) < 4.78 is 237. The fraction of sp³-hybridized carbons (Fsp3) is 0. The minimum absolute atomic E-state index is 0.157. The Morgan fingerprint density at radius 3 is 0.730 bits per heavy atom. The lowest BCUT2D eigenvalue weighted by molar-refractivity contribution is 0.668. The zero-order valence-electron chi connectivity index (χ0n) is 99.2. The van der Waals surface area contributed by atoms with Crippen LogP contribution in [0.15, 0.2) is 547 Å². The predicted molar refractivity (Wildman–Crippen MR) is 597 cm³/mol. The van der Waals surface area contributed by atoms with Crippen molar-refractivity contribution in [2.24, 2.45) is 0 Å². The van der Waals surface area contributed by atoms with Crippen LogP contribution in [0, 0.1) is 0 Å². The molecule has 0 atom stereocenters. The fourth-order valence-corrected chi connectivity index (χ4v) is 20.5. The predicted octanol–water partition coefficient (Wildman–Crippen LogP) is 39.3. The van der Waals surface area contributed by atoms with Crippen molar-refractivity contribution in [2.75, 3.05) is 0 Å². The molecule has 28 rings (SSSR count). The number of fused-ring (bicyclic) bond motifs is 15. The van der Waals surface area contributed by atoms with E-state index in [1.54, 1.807) is 84.9 Å². The van der Waals surface area contributed by atoms with Gasteiger partial charge in [-0.05, 0) is 282 Å². The highest BCUT2D eigenvalue weighted by atomic mass is 16.3. The molecule has 28 aromatic rings. The Balaban J connectivity index is 0.000000122. The first-order valence-corrected chi connectivity index (χ1v) is 46.4. The highest BCUT2D eigenvalue weighted by molar-refractivity contribution is 6.30. The summed E-state index contributed by atoms with van der Waals surface area (Å²) in [5, 5.41) is 6.32. The molecule has 658 valence electrons. The lowest BCUT2D eigenvalue weighted by Crippen LogP contribution is -1.91. The van der Waals surface area contributed by atoms with Crippen LogP contribution in [0.25, 0.3) is 275 Å². The van der Waals surface area contributed by atoms with E-state index >= 15 is 0 Å². The first kappa shape index (κ1) is 61.5. The summed E-state index contributed by atoms with van der Waals surface area (Å²) in [6.07, 6.45) is 0. The Kier molecular flexibility index (Phi) is 15.5. The van der Waals surface area contributed by atoms with Gasteiger partial charge < -0.3 is 13.3 Å². The van der Waals surface area contributed by atoms with Gasteiger partial charge in [0.1, 0.15) is 33.5 Å². The van der Waals surface area contributed by atoms with Crippen molar-refractivity contribution in [1.82, 2.24) is 0 Å². The van der Waals surface area contributed by atoms with Crippen LogP contribution < -0.4 is 0 Å². The summed E-state index contributed by atoms with van der Waals surface area (Å²) in [7, 11) is 0. The lowest BCUT2D eigenvalue weighted by Gasteiger charge is -2.18. The number of hydrogen-bond donors (Lipinski definition) is 0. The third-order valence-electron chi connectivity index (χ3n) is 26.7. The largest absolute Gasteiger partial charge is 0.456 e. The van der Waals surface area contributed by atoms with Crippen LogP contribution in [-0.2, 0) is 0 Å². The van der Waals surface area contributed by atoms with Crippen molar-refractivity contribution in [3.63, 3.8) is 0 Å². The molecule has 141 heavy (non-hydrogen) atoms. The molecule has 0 N–H and O–H groups in total. The monoisotopic (exact) mass is 1820 g/mol. The molecule has 0 bridgehead atoms. The van der Waals surface area contributed by atoms with Gasteiger partial charge in [0, 0.05) is 32.3 Å². The molecule has 3 heterocycles. The maximum Gasteiger partial charge on any atom is 0.136 e. The maximum atomic E-state index is 9.49. The van der Waals surface area contributed by atoms with Crippen molar-refractivity contribution < 1.29 is 46.1 Å². The van der Waals surface area contributed by atoms with E-state index in [0.717, 1.165) is 94.0 Å². The van der Waals surface area contributed by atoms with Gasteiger partial charge in [-0.1, -0.05) is 460 Å². The van der Waals surface area contributed by atoms with Gasteiger partial charge in [0.2, 0.25) is 0 Å². The van der Waals surface area contributed by atoms with Gasteiger partial charge >= 0.3 is 0 Å². The zero-order valence-corrected chi connectivity index (χ0v) is 75.2. The molecular formula is C138H88O3. The summed E-state index contributed by atoms with van der Waals surface area (Å²) in [5.74, 6) is 0. The second-order valence-corrected chi connectivity index (χ2v) is 34.7. The summed E-state index contributed by atoms with van der Waals surface area (Å²) in [5.41, 5.74) is 22.7. The molecular weight excluding hydrogens is 1710 g/mol. The maximum absolute atomic E-state index is 9.49. The van der Waals surface area contributed by atoms with Crippen molar-refractivity contribution in [1.29, 1.82) is 0 Å². The molecule has 3 nitrogen and oxygen atoms in total. The second-order valence-electron chi connectivity index (χ2n) is 34.7. The summed E-state index contributed by atoms with van der Waals surface area (Å²) in [6.45, 7) is 0. The average Bonchev–Trinajstić information content (AvgIpc) is 1.49. The second kappa shape index (κ2) is 35.6. The highest BCUT2D eigenvalue weighted by Crippen LogP contribution is 2.54. The minimum Gasteiger partial charge on any atom is -0.456 e. The Morgan fingerprint density at radius 2 is 0.348 bits per heavy atom. The van der Waals surface area contributed by atoms with Crippen LogP contribution in [0.5, 0.6) is 0 Å². The summed E-state index contributed by atoms with van der Waals surface area (Å²) >= 11 is 0. The Hall–Kier alpha value is -18.5. The highest BCUT2D eigenvalue weighted by Gasteiger charge is 2.27. The lowest BCUT2D eigenvalue weighted by atomic mass is 9.84. The standard InChI is InChI=1S/C50H32O.2C44H28O/c1-4-16-33(17-5-1)36-30-37(34-18-6-2-7-19-34)32-38(31-36)39-26-14-28-45-49(39)50-44(27-15-29-46(50)51-45)48-42-24-12-10-22-40(42)47(35-20-8-3-9-21-35)41-23-11-13-25-43(41)48;1-3-13-29(14-4-1)31-17-11-18-32(27-31)33-25-26-38-41(28-33)45-40-24-12-23-39(44(38)40)43-36-21-9-7-19-34(36)42(30-15-5-2-6-16-30)35-20-8-10-22-37(35)43;1-3-12-29(13-4-1)30-22-24-31(25-23-30)33-26-27-40-39(28-33)44-38(20-11-21-41(44)45-40)43-36-18-9-7-16-34(36)42(32-14-5-2-6-15-32)35-17-8-10-19-37(35)43/h1-32H;2*1-28H/i10D,11D,12D,13D,22D,23D,24D,25D;7D,8D,9D,10D,19D,20D,21D,22D;7D,8D,9D,10D,16D,17D,18D,19D. The van der Waals surface area contributed by atoms with Crippen molar-refractivity contribution in [3.8, 4) is 145 Å². The SMILES string of the molecule is [2H]c1c([2H])c([2H])c2c(-c3cccc4oc5cc(-c6cccc(-c7ccccc7)c6)ccc5c34)c3c([2H])c([2H])c([2H])c([2H])c3c(-c3ccccc3)c2c1[2H].[2H]c1c([2H])c([2H])c2c(-c3cccc4oc5ccc(-c6ccc(-c7ccccc7)cc6)cc5c34)c3c([2H])c([2H])c([2H])c([2H])c3c(-c3ccccc3)c2c1[2H].[2H]c1c([2H])c([2H])c2c(-c3cccc4oc5cccc(-c6cc(-c7ccccc7)cc(-c7ccccc7)c6)c5c34)c3c([2H])c([2H])c([2H])c([2H])c3c(-c3ccccc3)c2c1[2H]. The van der Waals surface area contributed by atoms with Gasteiger partial charge in [0.25, 0.3) is 0 Å². The summed E-state index contributed by atoms with van der Waals surface area (Å²) in [4.78, 5) is 0. The van der Waals surface area contributed by atoms with Gasteiger partial charge in [0.05, 0.1) is 32.9 Å². The molecule has 0 saturated carbocycles. The Labute approximate surface area is 850 Å². The van der Waals surface area contributed by atoms with Gasteiger partial charge in [-0.25, -0.2) is 0 Å². The van der Waals surface area contributed by atoms with E-state index in [4.69, 9.17) is 29.7 Å².